The molecule has 1 fully saturated rings. The molecule has 26 heavy (non-hydrogen) atoms. The Labute approximate surface area is 153 Å². The van der Waals surface area contributed by atoms with E-state index in [2.05, 4.69) is 15.7 Å². The van der Waals surface area contributed by atoms with E-state index in [9.17, 15) is 9.59 Å². The van der Waals surface area contributed by atoms with Gasteiger partial charge < -0.3 is 15.5 Å². The molecule has 1 aromatic heterocycles. The molecule has 0 unspecified atom stereocenters. The molecule has 2 N–H and O–H groups in total. The highest BCUT2D eigenvalue weighted by Crippen LogP contribution is 2.15. The third kappa shape index (κ3) is 4.41. The van der Waals surface area contributed by atoms with Crippen molar-refractivity contribution in [3.63, 3.8) is 0 Å². The molecule has 1 saturated heterocycles. The highest BCUT2D eigenvalue weighted by molar-refractivity contribution is 5.89. The van der Waals surface area contributed by atoms with Crippen LogP contribution in [0.15, 0.2) is 42.7 Å². The van der Waals surface area contributed by atoms with Gasteiger partial charge in [0.2, 0.25) is 5.91 Å². The van der Waals surface area contributed by atoms with Gasteiger partial charge >= 0.3 is 6.03 Å². The summed E-state index contributed by atoms with van der Waals surface area (Å²) in [6, 6.07) is 9.23. The number of carbonyl (C=O) groups excluding carboxylic acids is 2. The summed E-state index contributed by atoms with van der Waals surface area (Å²) in [6.07, 6.45) is 5.12. The number of anilines is 1. The van der Waals surface area contributed by atoms with Crippen LogP contribution in [0.25, 0.3) is 5.69 Å². The number of amides is 3. The van der Waals surface area contributed by atoms with E-state index in [1.165, 1.54) is 0 Å². The van der Waals surface area contributed by atoms with E-state index in [1.54, 1.807) is 10.9 Å². The van der Waals surface area contributed by atoms with Crippen molar-refractivity contribution in [2.75, 3.05) is 18.4 Å². The van der Waals surface area contributed by atoms with E-state index in [1.807, 2.05) is 55.3 Å². The molecule has 1 aliphatic rings. The lowest BCUT2D eigenvalue weighted by Crippen LogP contribution is -2.48. The largest absolute Gasteiger partial charge is 0.342 e. The van der Waals surface area contributed by atoms with Crippen LogP contribution in [-0.2, 0) is 4.79 Å². The molecular weight excluding hydrogens is 330 g/mol. The fourth-order valence-electron chi connectivity index (χ4n) is 3.11. The van der Waals surface area contributed by atoms with Gasteiger partial charge in [-0.05, 0) is 37.1 Å². The Hall–Kier alpha value is -2.83. The zero-order valence-corrected chi connectivity index (χ0v) is 15.2. The number of piperidine rings is 1. The quantitative estimate of drug-likeness (QED) is 0.885. The second-order valence-electron chi connectivity index (χ2n) is 6.85. The Morgan fingerprint density at radius 1 is 1.19 bits per heavy atom. The van der Waals surface area contributed by atoms with Gasteiger partial charge in [0.25, 0.3) is 0 Å². The van der Waals surface area contributed by atoms with Crippen LogP contribution < -0.4 is 10.6 Å². The Balaban J connectivity index is 1.51. The zero-order chi connectivity index (χ0) is 18.5. The van der Waals surface area contributed by atoms with Gasteiger partial charge in [0, 0.05) is 43.1 Å². The van der Waals surface area contributed by atoms with Crippen LogP contribution in [0.3, 0.4) is 0 Å². The molecular formula is C19H25N5O2. The van der Waals surface area contributed by atoms with Gasteiger partial charge in [0.15, 0.2) is 0 Å². The lowest BCUT2D eigenvalue weighted by atomic mass is 10.0. The van der Waals surface area contributed by atoms with E-state index in [0.29, 0.717) is 18.8 Å². The third-order valence-corrected chi connectivity index (χ3v) is 4.51. The van der Waals surface area contributed by atoms with Crippen LogP contribution in [0.2, 0.25) is 0 Å². The Bertz CT molecular complexity index is 749. The summed E-state index contributed by atoms with van der Waals surface area (Å²) in [5, 5.41) is 10.1. The van der Waals surface area contributed by atoms with Crippen molar-refractivity contribution in [3.8, 4) is 5.69 Å². The highest BCUT2D eigenvalue weighted by atomic mass is 16.2. The highest BCUT2D eigenvalue weighted by Gasteiger charge is 2.25. The number of aromatic nitrogens is 2. The molecule has 1 aromatic carbocycles. The van der Waals surface area contributed by atoms with Gasteiger partial charge in [-0.3, -0.25) is 4.79 Å². The number of nitrogens with one attached hydrogen (secondary N) is 2. The maximum absolute atomic E-state index is 12.3. The van der Waals surface area contributed by atoms with Gasteiger partial charge in [-0.25, -0.2) is 9.48 Å². The molecule has 0 atom stereocenters. The molecule has 0 radical (unpaired) electrons. The number of benzene rings is 1. The molecule has 3 rings (SSSR count). The van der Waals surface area contributed by atoms with E-state index in [0.717, 1.165) is 18.5 Å². The SMILES string of the molecule is CC(C)C(=O)N1CCC(NC(=O)Nc2cccc(-n3cccn3)c2)CC1. The average molecular weight is 355 g/mol. The number of hydrogen-bond donors (Lipinski definition) is 2. The molecule has 2 aromatic rings. The predicted molar refractivity (Wildman–Crippen MR) is 100 cm³/mol. The van der Waals surface area contributed by atoms with Gasteiger partial charge in [-0.15, -0.1) is 0 Å². The first-order chi connectivity index (χ1) is 12.5. The maximum Gasteiger partial charge on any atom is 0.319 e. The number of hydrogen-bond acceptors (Lipinski definition) is 3. The zero-order valence-electron chi connectivity index (χ0n) is 15.2. The third-order valence-electron chi connectivity index (χ3n) is 4.51. The van der Waals surface area contributed by atoms with E-state index >= 15 is 0 Å². The van der Waals surface area contributed by atoms with E-state index in [4.69, 9.17) is 0 Å². The van der Waals surface area contributed by atoms with Crippen molar-refractivity contribution in [2.45, 2.75) is 32.7 Å². The minimum atomic E-state index is -0.226. The molecule has 0 spiro atoms. The van der Waals surface area contributed by atoms with Crippen molar-refractivity contribution in [1.29, 1.82) is 0 Å². The Morgan fingerprint density at radius 2 is 1.96 bits per heavy atom. The second kappa shape index (κ2) is 8.03. The van der Waals surface area contributed by atoms with Gasteiger partial charge in [-0.1, -0.05) is 19.9 Å². The number of urea groups is 1. The van der Waals surface area contributed by atoms with Crippen molar-refractivity contribution in [2.24, 2.45) is 5.92 Å². The van der Waals surface area contributed by atoms with Crippen molar-refractivity contribution < 1.29 is 9.59 Å². The molecule has 0 bridgehead atoms. The molecule has 138 valence electrons. The summed E-state index contributed by atoms with van der Waals surface area (Å²) >= 11 is 0. The molecule has 2 heterocycles. The first-order valence-corrected chi connectivity index (χ1v) is 8.99. The molecule has 0 aliphatic carbocycles. The molecule has 7 nitrogen and oxygen atoms in total. The summed E-state index contributed by atoms with van der Waals surface area (Å²) < 4.78 is 1.74. The smallest absolute Gasteiger partial charge is 0.319 e. The van der Waals surface area contributed by atoms with Crippen LogP contribution in [0.5, 0.6) is 0 Å². The van der Waals surface area contributed by atoms with Gasteiger partial charge in [0.1, 0.15) is 0 Å². The van der Waals surface area contributed by atoms with Crippen LogP contribution in [0.4, 0.5) is 10.5 Å². The van der Waals surface area contributed by atoms with E-state index in [-0.39, 0.29) is 23.9 Å². The number of likely N-dealkylation sites (tertiary alicyclic amines) is 1. The van der Waals surface area contributed by atoms with E-state index < -0.39 is 0 Å². The van der Waals surface area contributed by atoms with Gasteiger partial charge in [0.05, 0.1) is 5.69 Å². The molecule has 3 amide bonds. The van der Waals surface area contributed by atoms with Crippen LogP contribution in [-0.4, -0.2) is 45.8 Å². The van der Waals surface area contributed by atoms with Crippen molar-refractivity contribution >= 4 is 17.6 Å². The maximum atomic E-state index is 12.3. The molecule has 0 saturated carbocycles. The summed E-state index contributed by atoms with van der Waals surface area (Å²) in [7, 11) is 0. The molecule has 1 aliphatic heterocycles. The predicted octanol–water partition coefficient (Wildman–Crippen LogP) is 2.64. The summed E-state index contributed by atoms with van der Waals surface area (Å²) in [4.78, 5) is 26.2. The Morgan fingerprint density at radius 3 is 2.62 bits per heavy atom. The minimum Gasteiger partial charge on any atom is -0.342 e. The lowest BCUT2D eigenvalue weighted by Gasteiger charge is -2.33. The second-order valence-corrected chi connectivity index (χ2v) is 6.85. The summed E-state index contributed by atoms with van der Waals surface area (Å²) in [5.41, 5.74) is 1.59. The Kier molecular flexibility index (Phi) is 5.55. The average Bonchev–Trinajstić information content (AvgIpc) is 3.16. The summed E-state index contributed by atoms with van der Waals surface area (Å²) in [5.74, 6) is 0.202. The fourth-order valence-corrected chi connectivity index (χ4v) is 3.11. The first-order valence-electron chi connectivity index (χ1n) is 8.99. The van der Waals surface area contributed by atoms with Gasteiger partial charge in [-0.2, -0.15) is 5.10 Å². The molecule has 7 heteroatoms. The summed E-state index contributed by atoms with van der Waals surface area (Å²) in [6.45, 7) is 5.21. The van der Waals surface area contributed by atoms with Crippen LogP contribution in [0, 0.1) is 5.92 Å². The minimum absolute atomic E-state index is 0.0184. The fraction of sp³-hybridized carbons (Fsp3) is 0.421. The van der Waals surface area contributed by atoms with Crippen LogP contribution in [0.1, 0.15) is 26.7 Å². The topological polar surface area (TPSA) is 79.3 Å². The van der Waals surface area contributed by atoms with Crippen molar-refractivity contribution in [3.05, 3.63) is 42.7 Å². The monoisotopic (exact) mass is 355 g/mol. The normalized spacial score (nSPS) is 15.1. The number of nitrogens with zero attached hydrogens (tertiary/aromatic N) is 3. The van der Waals surface area contributed by atoms with Crippen molar-refractivity contribution in [1.82, 2.24) is 20.0 Å². The number of rotatable bonds is 4. The first kappa shape index (κ1) is 18.0. The van der Waals surface area contributed by atoms with Crippen LogP contribution >= 0.6 is 0 Å². The standard InChI is InChI=1S/C19H25N5O2/c1-14(2)18(25)23-11-7-15(8-12-23)21-19(26)22-16-5-3-6-17(13-16)24-10-4-9-20-24/h3-6,9-10,13-15H,7-8,11-12H2,1-2H3,(H2,21,22,26). The number of carbonyl (C=O) groups is 2. The lowest BCUT2D eigenvalue weighted by molar-refractivity contribution is -0.135.